The van der Waals surface area contributed by atoms with Gasteiger partial charge in [0.15, 0.2) is 6.10 Å². The zero-order valence-corrected chi connectivity index (χ0v) is 34.6. The van der Waals surface area contributed by atoms with E-state index < -0.39 is 32.5 Å². The van der Waals surface area contributed by atoms with E-state index in [1.807, 2.05) is 6.08 Å². The van der Waals surface area contributed by atoms with E-state index in [0.29, 0.717) is 12.8 Å². The molecular formula is C43H81O8P. The van der Waals surface area contributed by atoms with Gasteiger partial charge in [-0.15, -0.1) is 0 Å². The lowest BCUT2D eigenvalue weighted by Crippen LogP contribution is -2.29. The average Bonchev–Trinajstić information content (AvgIpc) is 3.11. The summed E-state index contributed by atoms with van der Waals surface area (Å²) in [5.74, 6) is -0.936. The highest BCUT2D eigenvalue weighted by molar-refractivity contribution is 7.46. The molecule has 0 aromatic carbocycles. The molecule has 0 aliphatic rings. The van der Waals surface area contributed by atoms with Crippen molar-refractivity contribution in [2.45, 2.75) is 225 Å². The van der Waals surface area contributed by atoms with Gasteiger partial charge in [-0.05, 0) is 51.4 Å². The van der Waals surface area contributed by atoms with Crippen LogP contribution >= 0.6 is 7.82 Å². The Labute approximate surface area is 319 Å². The summed E-state index contributed by atoms with van der Waals surface area (Å²) in [5, 5.41) is 0. The number of unbranched alkanes of at least 4 members (excludes halogenated alkanes) is 26. The molecule has 1 atom stereocenters. The first-order chi connectivity index (χ1) is 25.3. The maximum Gasteiger partial charge on any atom is 0.469 e. The summed E-state index contributed by atoms with van der Waals surface area (Å²) in [6, 6.07) is 0. The summed E-state index contributed by atoms with van der Waals surface area (Å²) in [6.45, 7) is 3.66. The first-order valence-corrected chi connectivity index (χ1v) is 23.2. The van der Waals surface area contributed by atoms with Gasteiger partial charge in [-0.25, -0.2) is 4.57 Å². The van der Waals surface area contributed by atoms with Gasteiger partial charge in [-0.1, -0.05) is 179 Å². The summed E-state index contributed by atoms with van der Waals surface area (Å²) in [6.07, 6.45) is 44.8. The Morgan fingerprint density at radius 2 is 0.846 bits per heavy atom. The van der Waals surface area contributed by atoms with Gasteiger partial charge in [0.1, 0.15) is 6.61 Å². The van der Waals surface area contributed by atoms with E-state index in [9.17, 15) is 14.2 Å². The summed E-state index contributed by atoms with van der Waals surface area (Å²) >= 11 is 0. The predicted octanol–water partition coefficient (Wildman–Crippen LogP) is 13.2. The smallest absolute Gasteiger partial charge is 0.462 e. The minimum Gasteiger partial charge on any atom is -0.462 e. The highest BCUT2D eigenvalue weighted by Gasteiger charge is 2.22. The summed E-state index contributed by atoms with van der Waals surface area (Å²) < 4.78 is 26.4. The second-order valence-corrected chi connectivity index (χ2v) is 15.9. The Kier molecular flexibility index (Phi) is 38.1. The van der Waals surface area contributed by atoms with Gasteiger partial charge in [0.05, 0.1) is 6.61 Å². The Balaban J connectivity index is 3.91. The molecule has 0 fully saturated rings. The van der Waals surface area contributed by atoms with E-state index in [0.717, 1.165) is 32.1 Å². The zero-order chi connectivity index (χ0) is 38.2. The molecule has 0 saturated heterocycles. The highest BCUT2D eigenvalue weighted by atomic mass is 31.2. The largest absolute Gasteiger partial charge is 0.469 e. The van der Waals surface area contributed by atoms with Crippen molar-refractivity contribution in [1.82, 2.24) is 0 Å². The van der Waals surface area contributed by atoms with E-state index in [4.69, 9.17) is 19.3 Å². The van der Waals surface area contributed by atoms with E-state index in [2.05, 4.69) is 36.6 Å². The molecule has 52 heavy (non-hydrogen) atoms. The first-order valence-electron chi connectivity index (χ1n) is 21.6. The van der Waals surface area contributed by atoms with Crippen molar-refractivity contribution in [3.63, 3.8) is 0 Å². The molecule has 0 rings (SSSR count). The van der Waals surface area contributed by atoms with Gasteiger partial charge in [0, 0.05) is 12.8 Å². The van der Waals surface area contributed by atoms with Crippen LogP contribution in [0.5, 0.6) is 0 Å². The molecule has 0 amide bonds. The lowest BCUT2D eigenvalue weighted by Gasteiger charge is -2.18. The number of rotatable bonds is 40. The minimum atomic E-state index is -4.76. The molecule has 0 aromatic rings. The van der Waals surface area contributed by atoms with Gasteiger partial charge >= 0.3 is 19.8 Å². The molecule has 0 saturated carbocycles. The van der Waals surface area contributed by atoms with Gasteiger partial charge in [-0.2, -0.15) is 0 Å². The third-order valence-corrected chi connectivity index (χ3v) is 9.94. The molecule has 0 aliphatic carbocycles. The first kappa shape index (κ1) is 50.5. The van der Waals surface area contributed by atoms with Gasteiger partial charge in [0.25, 0.3) is 0 Å². The lowest BCUT2D eigenvalue weighted by molar-refractivity contribution is -0.161. The second-order valence-electron chi connectivity index (χ2n) is 14.7. The molecule has 0 aliphatic heterocycles. The van der Waals surface area contributed by atoms with Crippen molar-refractivity contribution in [3.05, 3.63) is 24.3 Å². The molecule has 0 bridgehead atoms. The van der Waals surface area contributed by atoms with Crippen LogP contribution in [-0.2, 0) is 28.2 Å². The molecule has 9 heteroatoms. The third-order valence-electron chi connectivity index (χ3n) is 9.46. The summed E-state index contributed by atoms with van der Waals surface area (Å²) in [5.41, 5.74) is 0. The Morgan fingerprint density at radius 3 is 1.25 bits per heavy atom. The number of esters is 2. The van der Waals surface area contributed by atoms with Crippen molar-refractivity contribution in [3.8, 4) is 0 Å². The molecule has 0 spiro atoms. The average molecular weight is 757 g/mol. The van der Waals surface area contributed by atoms with E-state index in [1.165, 1.54) is 148 Å². The van der Waals surface area contributed by atoms with Gasteiger partial charge in [-0.3, -0.25) is 14.1 Å². The number of carbonyl (C=O) groups excluding carboxylic acids is 2. The van der Waals surface area contributed by atoms with Crippen LogP contribution < -0.4 is 0 Å². The maximum atomic E-state index is 12.4. The number of hydrogen-bond acceptors (Lipinski definition) is 6. The second kappa shape index (κ2) is 39.2. The fourth-order valence-electron chi connectivity index (χ4n) is 6.21. The molecule has 0 aromatic heterocycles. The molecule has 0 radical (unpaired) electrons. The maximum absolute atomic E-state index is 12.4. The van der Waals surface area contributed by atoms with E-state index in [-0.39, 0.29) is 19.4 Å². The number of allylic oxidation sites excluding steroid dienone is 4. The van der Waals surface area contributed by atoms with Crippen molar-refractivity contribution in [2.24, 2.45) is 0 Å². The van der Waals surface area contributed by atoms with Crippen molar-refractivity contribution in [2.75, 3.05) is 13.2 Å². The van der Waals surface area contributed by atoms with Crippen LogP contribution in [0.4, 0.5) is 0 Å². The predicted molar refractivity (Wildman–Crippen MR) is 216 cm³/mol. The van der Waals surface area contributed by atoms with Crippen LogP contribution in [0, 0.1) is 0 Å². The minimum absolute atomic E-state index is 0.186. The third kappa shape index (κ3) is 41.3. The van der Waals surface area contributed by atoms with Crippen molar-refractivity contribution >= 4 is 19.8 Å². The number of carbonyl (C=O) groups is 2. The van der Waals surface area contributed by atoms with Crippen LogP contribution in [0.2, 0.25) is 0 Å². The Hall–Kier alpha value is -1.47. The Morgan fingerprint density at radius 1 is 0.481 bits per heavy atom. The van der Waals surface area contributed by atoms with Crippen LogP contribution in [0.25, 0.3) is 0 Å². The number of phosphoric acid groups is 1. The fraction of sp³-hybridized carbons (Fsp3) is 0.860. The van der Waals surface area contributed by atoms with Crippen LogP contribution in [-0.4, -0.2) is 41.0 Å². The standard InChI is InChI=1S/C43H81O8P/c1-3-5-7-9-11-13-15-17-19-20-21-22-24-26-28-30-32-34-36-38-43(45)51-41(40-50-52(46,47)48)39-49-42(44)37-35-33-31-29-27-25-23-18-16-14-12-10-8-6-4-2/h17,19,31,33,41H,3-16,18,20-30,32,34-40H2,1-2H3,(H2,46,47,48)/b19-17+,33-31+/t41-/m1/s1. The normalized spacial score (nSPS) is 12.6. The lowest BCUT2D eigenvalue weighted by atomic mass is 10.1. The molecular weight excluding hydrogens is 675 g/mol. The monoisotopic (exact) mass is 757 g/mol. The van der Waals surface area contributed by atoms with Crippen LogP contribution in [0.3, 0.4) is 0 Å². The van der Waals surface area contributed by atoms with Crippen LogP contribution in [0.15, 0.2) is 24.3 Å². The molecule has 0 unspecified atom stereocenters. The van der Waals surface area contributed by atoms with Crippen molar-refractivity contribution < 1.29 is 37.9 Å². The summed E-state index contributed by atoms with van der Waals surface area (Å²) in [4.78, 5) is 42.8. The van der Waals surface area contributed by atoms with Crippen molar-refractivity contribution in [1.29, 1.82) is 0 Å². The van der Waals surface area contributed by atoms with Gasteiger partial charge < -0.3 is 19.3 Å². The molecule has 0 heterocycles. The Bertz CT molecular complexity index is 900. The highest BCUT2D eigenvalue weighted by Crippen LogP contribution is 2.36. The summed E-state index contributed by atoms with van der Waals surface area (Å²) in [7, 11) is -4.76. The number of phosphoric ester groups is 1. The SMILES string of the molecule is CCCCCCCC/C=C/CCCCCCCCCCCC(=O)O[C@H](COC(=O)CC/C=C/CCCCCCCCCCCCC)COP(=O)(O)O. The zero-order valence-electron chi connectivity index (χ0n) is 33.7. The number of hydrogen-bond donors (Lipinski definition) is 2. The van der Waals surface area contributed by atoms with Gasteiger partial charge in [0.2, 0.25) is 0 Å². The number of ether oxygens (including phenoxy) is 2. The van der Waals surface area contributed by atoms with Crippen LogP contribution in [0.1, 0.15) is 219 Å². The van der Waals surface area contributed by atoms with E-state index in [1.54, 1.807) is 0 Å². The molecule has 306 valence electrons. The molecule has 2 N–H and O–H groups in total. The van der Waals surface area contributed by atoms with E-state index >= 15 is 0 Å². The quantitative estimate of drug-likeness (QED) is 0.0274. The fourth-order valence-corrected chi connectivity index (χ4v) is 6.57. The topological polar surface area (TPSA) is 119 Å². The molecule has 8 nitrogen and oxygen atoms in total.